The zero-order valence-electron chi connectivity index (χ0n) is 12.5. The molecule has 1 aromatic carbocycles. The van der Waals surface area contributed by atoms with Crippen molar-refractivity contribution in [3.63, 3.8) is 0 Å². The molecule has 0 aliphatic heterocycles. The van der Waals surface area contributed by atoms with Crippen LogP contribution in [0, 0.1) is 0 Å². The molecule has 0 heterocycles. The van der Waals surface area contributed by atoms with Crippen LogP contribution >= 0.6 is 0 Å². The van der Waals surface area contributed by atoms with Crippen molar-refractivity contribution in [1.29, 1.82) is 0 Å². The Hall–Kier alpha value is -1.84. The van der Waals surface area contributed by atoms with E-state index in [0.717, 1.165) is 0 Å². The van der Waals surface area contributed by atoms with Crippen LogP contribution in [0.5, 0.6) is 0 Å². The molecule has 1 rings (SSSR count). The van der Waals surface area contributed by atoms with Gasteiger partial charge in [-0.05, 0) is 18.9 Å². The Morgan fingerprint density at radius 1 is 1.47 bits per heavy atom. The van der Waals surface area contributed by atoms with Crippen LogP contribution in [-0.2, 0) is 6.37 Å². The zero-order chi connectivity index (χ0) is 14.6. The van der Waals surface area contributed by atoms with Crippen LogP contribution in [0.25, 0.3) is 0 Å². The van der Waals surface area contributed by atoms with Crippen molar-refractivity contribution in [3.05, 3.63) is 35.8 Å². The molecule has 0 amide bonds. The van der Waals surface area contributed by atoms with Crippen LogP contribution in [0.2, 0.25) is 0 Å². The maximum atomic E-state index is 7.89. The minimum absolute atomic E-state index is 0.0825. The van der Waals surface area contributed by atoms with E-state index in [4.69, 9.17) is 17.0 Å². The SMILES string of the molecule is [2H]c1cc([2H])cc(C([2H])([2H])CN=C(N)N=C(C)N)c1. The summed E-state index contributed by atoms with van der Waals surface area (Å²) in [6.45, 7) is 1.30. The fourth-order valence-electron chi connectivity index (χ4n) is 0.883. The summed E-state index contributed by atoms with van der Waals surface area (Å²) in [5.74, 6) is 0.139. The highest BCUT2D eigenvalue weighted by Gasteiger charge is 1.91. The van der Waals surface area contributed by atoms with E-state index in [1.807, 2.05) is 0 Å². The molecule has 80 valence electrons. The maximum Gasteiger partial charge on any atom is 0.216 e. The number of amidine groups is 1. The van der Waals surface area contributed by atoms with Crippen molar-refractivity contribution >= 4 is 11.8 Å². The van der Waals surface area contributed by atoms with E-state index in [1.165, 1.54) is 18.2 Å². The number of benzene rings is 1. The number of nitrogens with two attached hydrogens (primary N) is 2. The number of rotatable bonds is 3. The average Bonchev–Trinajstić information content (AvgIpc) is 2.24. The number of guanidine groups is 1. The van der Waals surface area contributed by atoms with E-state index in [1.54, 1.807) is 6.92 Å². The van der Waals surface area contributed by atoms with Gasteiger partial charge < -0.3 is 11.5 Å². The Balaban J connectivity index is 2.95. The first-order chi connectivity index (χ1) is 8.70. The van der Waals surface area contributed by atoms with Gasteiger partial charge >= 0.3 is 0 Å². The molecule has 4 nitrogen and oxygen atoms in total. The molecule has 15 heavy (non-hydrogen) atoms. The van der Waals surface area contributed by atoms with Crippen molar-refractivity contribution in [2.75, 3.05) is 6.54 Å². The Morgan fingerprint density at radius 3 is 2.73 bits per heavy atom. The lowest BCUT2D eigenvalue weighted by Crippen LogP contribution is -2.16. The topological polar surface area (TPSA) is 76.8 Å². The molecule has 0 spiro atoms. The van der Waals surface area contributed by atoms with Gasteiger partial charge in [0.05, 0.1) is 8.58 Å². The minimum atomic E-state index is -1.82. The van der Waals surface area contributed by atoms with Crippen LogP contribution in [0.1, 0.15) is 18.0 Å². The largest absolute Gasteiger partial charge is 0.387 e. The second kappa shape index (κ2) is 5.80. The van der Waals surface area contributed by atoms with Gasteiger partial charge in [0.15, 0.2) is 0 Å². The standard InChI is InChI=1S/C11H16N4/c1-9(12)15-11(13)14-8-7-10-5-3-2-4-6-10/h2-6H,7-8H2,1H3,(H4,12,13,14,15)/i3D,4D,7D2. The van der Waals surface area contributed by atoms with Crippen molar-refractivity contribution < 1.29 is 5.48 Å². The molecule has 0 aliphatic rings. The first kappa shape index (κ1) is 6.61. The first-order valence-corrected chi connectivity index (χ1v) is 4.40. The molecule has 0 radical (unpaired) electrons. The predicted molar refractivity (Wildman–Crippen MR) is 63.9 cm³/mol. The molecule has 0 saturated heterocycles. The third kappa shape index (κ3) is 4.81. The van der Waals surface area contributed by atoms with Gasteiger partial charge in [-0.25, -0.2) is 4.99 Å². The Kier molecular flexibility index (Phi) is 2.55. The molecule has 0 aromatic heterocycles. The van der Waals surface area contributed by atoms with E-state index in [0.29, 0.717) is 0 Å². The third-order valence-electron chi connectivity index (χ3n) is 1.46. The summed E-state index contributed by atoms with van der Waals surface area (Å²) in [7, 11) is 0. The molecular weight excluding hydrogens is 188 g/mol. The fourth-order valence-corrected chi connectivity index (χ4v) is 0.883. The quantitative estimate of drug-likeness (QED) is 0.572. The fraction of sp³-hybridized carbons (Fsp3) is 0.273. The van der Waals surface area contributed by atoms with Crippen LogP contribution in [-0.4, -0.2) is 18.3 Å². The Labute approximate surface area is 95.3 Å². The molecular formula is C11H16N4. The van der Waals surface area contributed by atoms with Crippen LogP contribution < -0.4 is 11.5 Å². The minimum Gasteiger partial charge on any atom is -0.387 e. The Morgan fingerprint density at radius 2 is 2.13 bits per heavy atom. The molecule has 0 saturated carbocycles. The molecule has 4 heteroatoms. The van der Waals surface area contributed by atoms with E-state index >= 15 is 0 Å². The summed E-state index contributed by atoms with van der Waals surface area (Å²) in [6, 6.07) is 4.22. The van der Waals surface area contributed by atoms with E-state index < -0.39 is 6.37 Å². The van der Waals surface area contributed by atoms with Gasteiger partial charge in [-0.2, -0.15) is 0 Å². The molecule has 0 fully saturated rings. The van der Waals surface area contributed by atoms with Crippen LogP contribution in [0.15, 0.2) is 40.3 Å². The van der Waals surface area contributed by atoms with E-state index in [-0.39, 0.29) is 36.0 Å². The highest BCUT2D eigenvalue weighted by atomic mass is 15.1. The van der Waals surface area contributed by atoms with Crippen LogP contribution in [0.4, 0.5) is 0 Å². The van der Waals surface area contributed by atoms with Gasteiger partial charge in [0, 0.05) is 9.29 Å². The number of hydrogen-bond acceptors (Lipinski definition) is 1. The molecule has 1 aromatic rings. The lowest BCUT2D eigenvalue weighted by molar-refractivity contribution is 0.962. The molecule has 0 atom stereocenters. The molecule has 4 N–H and O–H groups in total. The van der Waals surface area contributed by atoms with Gasteiger partial charge in [0.25, 0.3) is 0 Å². The molecule has 0 unspecified atom stereocenters. The number of nitrogens with zero attached hydrogens (tertiary/aromatic N) is 2. The zero-order valence-corrected chi connectivity index (χ0v) is 8.49. The second-order valence-electron chi connectivity index (χ2n) is 2.83. The van der Waals surface area contributed by atoms with Gasteiger partial charge in [-0.1, -0.05) is 30.3 Å². The summed E-state index contributed by atoms with van der Waals surface area (Å²) in [4.78, 5) is 7.49. The lowest BCUT2D eigenvalue weighted by atomic mass is 10.2. The van der Waals surface area contributed by atoms with Gasteiger partial charge in [0.1, 0.15) is 0 Å². The summed E-state index contributed by atoms with van der Waals surface area (Å²) >= 11 is 0. The van der Waals surface area contributed by atoms with Gasteiger partial charge in [-0.15, -0.1) is 0 Å². The van der Waals surface area contributed by atoms with Crippen molar-refractivity contribution in [2.24, 2.45) is 21.5 Å². The highest BCUT2D eigenvalue weighted by Crippen LogP contribution is 1.99. The maximum absolute atomic E-state index is 7.89. The van der Waals surface area contributed by atoms with Gasteiger partial charge in [-0.3, -0.25) is 4.99 Å². The third-order valence-corrected chi connectivity index (χ3v) is 1.46. The van der Waals surface area contributed by atoms with Gasteiger partial charge in [0.2, 0.25) is 5.96 Å². The van der Waals surface area contributed by atoms with Crippen molar-refractivity contribution in [3.8, 4) is 0 Å². The van der Waals surface area contributed by atoms with Crippen molar-refractivity contribution in [2.45, 2.75) is 13.3 Å². The normalized spacial score (nSPS) is 17.7. The second-order valence-corrected chi connectivity index (χ2v) is 2.83. The monoisotopic (exact) mass is 208 g/mol. The first-order valence-electron chi connectivity index (χ1n) is 6.40. The lowest BCUT2D eigenvalue weighted by Gasteiger charge is -1.97. The summed E-state index contributed by atoms with van der Waals surface area (Å²) in [5.41, 5.74) is 11.0. The summed E-state index contributed by atoms with van der Waals surface area (Å²) in [6.07, 6.45) is -1.82. The van der Waals surface area contributed by atoms with E-state index in [2.05, 4.69) is 9.98 Å². The summed E-state index contributed by atoms with van der Waals surface area (Å²) < 4.78 is 30.7. The van der Waals surface area contributed by atoms with Crippen molar-refractivity contribution in [1.82, 2.24) is 0 Å². The van der Waals surface area contributed by atoms with Crippen LogP contribution in [0.3, 0.4) is 0 Å². The number of hydrogen-bond donors (Lipinski definition) is 2. The van der Waals surface area contributed by atoms with E-state index in [9.17, 15) is 0 Å². The molecule has 0 bridgehead atoms. The highest BCUT2D eigenvalue weighted by molar-refractivity contribution is 5.93. The smallest absolute Gasteiger partial charge is 0.216 e. The predicted octanol–water partition coefficient (Wildman–Crippen LogP) is 0.921. The average molecular weight is 208 g/mol. The number of aliphatic imine (C=N–C) groups is 2. The summed E-state index contributed by atoms with van der Waals surface area (Å²) in [5, 5.41) is 0. The molecule has 0 aliphatic carbocycles. The Bertz CT molecular complexity index is 501.